The summed E-state index contributed by atoms with van der Waals surface area (Å²) < 4.78 is 0. The van der Waals surface area contributed by atoms with Gasteiger partial charge in [0.1, 0.15) is 11.9 Å². The minimum atomic E-state index is -1.46. The zero-order valence-corrected chi connectivity index (χ0v) is 8.27. The van der Waals surface area contributed by atoms with Crippen LogP contribution in [-0.4, -0.2) is 26.7 Å². The molecule has 2 rings (SSSR count). The van der Waals surface area contributed by atoms with Crippen LogP contribution in [0.5, 0.6) is 5.75 Å². The normalized spacial score (nSPS) is 30.1. The summed E-state index contributed by atoms with van der Waals surface area (Å²) in [6.07, 6.45) is -1.32. The van der Waals surface area contributed by atoms with E-state index in [0.717, 1.165) is 0 Å². The fraction of sp³-hybridized carbons (Fsp3) is 0.364. The molecule has 80 valence electrons. The monoisotopic (exact) mass is 208 g/mol. The van der Waals surface area contributed by atoms with Crippen molar-refractivity contribution < 1.29 is 20.1 Å². The van der Waals surface area contributed by atoms with Crippen LogP contribution in [0.1, 0.15) is 35.4 Å². The molecule has 0 radical (unpaired) electrons. The number of aliphatic hydroxyl groups is 2. The van der Waals surface area contributed by atoms with Crippen LogP contribution in [0.3, 0.4) is 0 Å². The standard InChI is InChI=1S/C11H12O4/c1-11(15)5-8(13)9-6(10(11)14)3-2-4-7(9)12/h2-4,10,12,14-15H,5H2,1H3/t10-,11?/m1/s1. The minimum absolute atomic E-state index is 0.122. The van der Waals surface area contributed by atoms with E-state index in [0.29, 0.717) is 0 Å². The molecule has 0 saturated carbocycles. The molecule has 0 aliphatic heterocycles. The third kappa shape index (κ3) is 1.42. The first-order valence-electron chi connectivity index (χ1n) is 4.69. The molecule has 4 nitrogen and oxygen atoms in total. The Morgan fingerprint density at radius 1 is 1.47 bits per heavy atom. The van der Waals surface area contributed by atoms with Crippen LogP contribution >= 0.6 is 0 Å². The summed E-state index contributed by atoms with van der Waals surface area (Å²) in [6, 6.07) is 4.46. The molecule has 1 unspecified atom stereocenters. The summed E-state index contributed by atoms with van der Waals surface area (Å²) in [6.45, 7) is 1.41. The van der Waals surface area contributed by atoms with E-state index < -0.39 is 11.7 Å². The molecule has 15 heavy (non-hydrogen) atoms. The number of phenolic OH excluding ortho intramolecular Hbond substituents is 1. The van der Waals surface area contributed by atoms with Gasteiger partial charge in [0.05, 0.1) is 11.2 Å². The Bertz CT molecular complexity index is 423. The van der Waals surface area contributed by atoms with E-state index in [-0.39, 0.29) is 29.1 Å². The van der Waals surface area contributed by atoms with Gasteiger partial charge in [0.2, 0.25) is 0 Å². The van der Waals surface area contributed by atoms with Gasteiger partial charge in [-0.3, -0.25) is 4.79 Å². The summed E-state index contributed by atoms with van der Waals surface area (Å²) >= 11 is 0. The second kappa shape index (κ2) is 3.05. The van der Waals surface area contributed by atoms with Crippen molar-refractivity contribution in [3.63, 3.8) is 0 Å². The maximum atomic E-state index is 11.6. The molecule has 0 saturated heterocycles. The van der Waals surface area contributed by atoms with Gasteiger partial charge in [-0.1, -0.05) is 12.1 Å². The van der Waals surface area contributed by atoms with Gasteiger partial charge in [-0.05, 0) is 18.6 Å². The first-order chi connectivity index (χ1) is 6.93. The SMILES string of the molecule is CC1(O)CC(=O)c2c(O)cccc2[C@H]1O. The zero-order chi connectivity index (χ0) is 11.2. The summed E-state index contributed by atoms with van der Waals surface area (Å²) in [7, 11) is 0. The van der Waals surface area contributed by atoms with Crippen molar-refractivity contribution >= 4 is 5.78 Å². The smallest absolute Gasteiger partial charge is 0.169 e. The number of carbonyl (C=O) groups excluding carboxylic acids is 1. The molecule has 2 atom stereocenters. The number of hydrogen-bond donors (Lipinski definition) is 3. The second-order valence-corrected chi connectivity index (χ2v) is 4.10. The molecule has 4 heteroatoms. The van der Waals surface area contributed by atoms with Gasteiger partial charge < -0.3 is 15.3 Å². The lowest BCUT2D eigenvalue weighted by atomic mass is 9.78. The maximum Gasteiger partial charge on any atom is 0.169 e. The number of aliphatic hydroxyl groups excluding tert-OH is 1. The molecule has 1 aromatic rings. The Morgan fingerprint density at radius 3 is 2.80 bits per heavy atom. The van der Waals surface area contributed by atoms with E-state index in [1.165, 1.54) is 25.1 Å². The Balaban J connectivity index is 2.64. The molecular weight excluding hydrogens is 196 g/mol. The van der Waals surface area contributed by atoms with Crippen LogP contribution in [0, 0.1) is 0 Å². The largest absolute Gasteiger partial charge is 0.507 e. The Labute approximate surface area is 86.8 Å². The minimum Gasteiger partial charge on any atom is -0.507 e. The van der Waals surface area contributed by atoms with E-state index in [1.807, 2.05) is 0 Å². The van der Waals surface area contributed by atoms with E-state index in [1.54, 1.807) is 0 Å². The number of fused-ring (bicyclic) bond motifs is 1. The van der Waals surface area contributed by atoms with Gasteiger partial charge in [-0.15, -0.1) is 0 Å². The highest BCUT2D eigenvalue weighted by molar-refractivity contribution is 6.02. The number of aromatic hydroxyl groups is 1. The van der Waals surface area contributed by atoms with Crippen molar-refractivity contribution in [1.82, 2.24) is 0 Å². The van der Waals surface area contributed by atoms with Gasteiger partial charge >= 0.3 is 0 Å². The van der Waals surface area contributed by atoms with Crippen molar-refractivity contribution in [1.29, 1.82) is 0 Å². The van der Waals surface area contributed by atoms with Gasteiger partial charge in [0.15, 0.2) is 5.78 Å². The number of ketones is 1. The van der Waals surface area contributed by atoms with Gasteiger partial charge in [-0.25, -0.2) is 0 Å². The highest BCUT2D eigenvalue weighted by Gasteiger charge is 2.41. The molecule has 3 N–H and O–H groups in total. The van der Waals surface area contributed by atoms with Crippen LogP contribution in [0.15, 0.2) is 18.2 Å². The van der Waals surface area contributed by atoms with Gasteiger partial charge in [0, 0.05) is 6.42 Å². The van der Waals surface area contributed by atoms with Crippen LogP contribution < -0.4 is 0 Å². The van der Waals surface area contributed by atoms with Crippen LogP contribution in [-0.2, 0) is 0 Å². The molecule has 0 fully saturated rings. The number of hydrogen-bond acceptors (Lipinski definition) is 4. The Hall–Kier alpha value is -1.39. The molecule has 1 aliphatic carbocycles. The van der Waals surface area contributed by atoms with Crippen LogP contribution in [0.2, 0.25) is 0 Å². The Kier molecular flexibility index (Phi) is 2.06. The first-order valence-corrected chi connectivity index (χ1v) is 4.69. The second-order valence-electron chi connectivity index (χ2n) is 4.10. The molecule has 1 aromatic carbocycles. The number of rotatable bonds is 0. The summed E-state index contributed by atoms with van der Waals surface area (Å²) in [4.78, 5) is 11.6. The Morgan fingerprint density at radius 2 is 2.13 bits per heavy atom. The third-order valence-electron chi connectivity index (χ3n) is 2.76. The fourth-order valence-electron chi connectivity index (χ4n) is 1.93. The average Bonchev–Trinajstić information content (AvgIpc) is 2.13. The van der Waals surface area contributed by atoms with E-state index >= 15 is 0 Å². The molecule has 0 amide bonds. The molecular formula is C11H12O4. The zero-order valence-electron chi connectivity index (χ0n) is 8.27. The number of carbonyl (C=O) groups is 1. The van der Waals surface area contributed by atoms with E-state index in [4.69, 9.17) is 0 Å². The maximum absolute atomic E-state index is 11.6. The predicted molar refractivity (Wildman–Crippen MR) is 52.6 cm³/mol. The molecule has 0 spiro atoms. The molecule has 0 heterocycles. The van der Waals surface area contributed by atoms with E-state index in [2.05, 4.69) is 0 Å². The van der Waals surface area contributed by atoms with Crippen molar-refractivity contribution in [2.75, 3.05) is 0 Å². The van der Waals surface area contributed by atoms with Gasteiger partial charge in [-0.2, -0.15) is 0 Å². The predicted octanol–water partition coefficient (Wildman–Crippen LogP) is 0.763. The van der Waals surface area contributed by atoms with Crippen LogP contribution in [0.4, 0.5) is 0 Å². The highest BCUT2D eigenvalue weighted by Crippen LogP contribution is 2.40. The fourth-order valence-corrected chi connectivity index (χ4v) is 1.93. The quantitative estimate of drug-likeness (QED) is 0.588. The first kappa shape index (κ1) is 10.1. The average molecular weight is 208 g/mol. The third-order valence-corrected chi connectivity index (χ3v) is 2.76. The van der Waals surface area contributed by atoms with Crippen molar-refractivity contribution in [2.45, 2.75) is 25.0 Å². The highest BCUT2D eigenvalue weighted by atomic mass is 16.3. The summed E-state index contributed by atoms with van der Waals surface area (Å²) in [5.74, 6) is -0.495. The number of phenols is 1. The van der Waals surface area contributed by atoms with Crippen molar-refractivity contribution in [2.24, 2.45) is 0 Å². The lowest BCUT2D eigenvalue weighted by Gasteiger charge is -2.34. The summed E-state index contributed by atoms with van der Waals surface area (Å²) in [5, 5.41) is 29.1. The number of Topliss-reactive ketones (excluding diaryl/α,β-unsaturated/α-hetero) is 1. The molecule has 0 bridgehead atoms. The molecule has 1 aliphatic rings. The van der Waals surface area contributed by atoms with Gasteiger partial charge in [0.25, 0.3) is 0 Å². The lowest BCUT2D eigenvalue weighted by Crippen LogP contribution is -2.40. The van der Waals surface area contributed by atoms with E-state index in [9.17, 15) is 20.1 Å². The molecule has 0 aromatic heterocycles. The van der Waals surface area contributed by atoms with Crippen LogP contribution in [0.25, 0.3) is 0 Å². The van der Waals surface area contributed by atoms with Crippen molar-refractivity contribution in [3.8, 4) is 5.75 Å². The lowest BCUT2D eigenvalue weighted by molar-refractivity contribution is -0.0676. The summed E-state index contributed by atoms with van der Waals surface area (Å²) in [5.41, 5.74) is -1.05. The number of benzene rings is 1. The van der Waals surface area contributed by atoms with Crippen molar-refractivity contribution in [3.05, 3.63) is 29.3 Å². The topological polar surface area (TPSA) is 77.8 Å².